The summed E-state index contributed by atoms with van der Waals surface area (Å²) in [4.78, 5) is 14.1. The van der Waals surface area contributed by atoms with Crippen molar-refractivity contribution in [2.75, 3.05) is 37.7 Å². The zero-order valence-corrected chi connectivity index (χ0v) is 13.5. The zero-order valence-electron chi connectivity index (χ0n) is 12.7. The Bertz CT molecular complexity index is 377. The van der Waals surface area contributed by atoms with Crippen LogP contribution in [0.2, 0.25) is 0 Å². The summed E-state index contributed by atoms with van der Waals surface area (Å²) >= 11 is 0. The highest BCUT2D eigenvalue weighted by Gasteiger charge is 2.24. The third kappa shape index (κ3) is 6.70. The van der Waals surface area contributed by atoms with Crippen LogP contribution in [0.3, 0.4) is 0 Å². The molecule has 1 amide bonds. The van der Waals surface area contributed by atoms with E-state index in [1.165, 1.54) is 0 Å². The first-order chi connectivity index (χ1) is 9.46. The first-order valence-electron chi connectivity index (χ1n) is 7.66. The molecule has 0 aliphatic carbocycles. The summed E-state index contributed by atoms with van der Waals surface area (Å²) in [7, 11) is -2.82. The third-order valence-electron chi connectivity index (χ3n) is 4.02. The third-order valence-corrected chi connectivity index (χ3v) is 5.73. The van der Waals surface area contributed by atoms with Crippen LogP contribution in [0.15, 0.2) is 0 Å². The fourth-order valence-electron chi connectivity index (χ4n) is 2.55. The van der Waals surface area contributed by atoms with Crippen molar-refractivity contribution in [2.24, 2.45) is 5.92 Å². The number of carbonyl (C=O) groups is 1. The van der Waals surface area contributed by atoms with Crippen molar-refractivity contribution in [2.45, 2.75) is 39.5 Å². The Morgan fingerprint density at radius 3 is 2.35 bits per heavy atom. The van der Waals surface area contributed by atoms with Crippen LogP contribution >= 0.6 is 0 Å². The minimum atomic E-state index is -2.82. The topological polar surface area (TPSA) is 66.5 Å². The lowest BCUT2D eigenvalue weighted by atomic mass is 9.98. The lowest BCUT2D eigenvalue weighted by Gasteiger charge is -2.21. The van der Waals surface area contributed by atoms with Gasteiger partial charge in [-0.15, -0.1) is 0 Å². The van der Waals surface area contributed by atoms with Crippen molar-refractivity contribution in [1.29, 1.82) is 0 Å². The number of rotatable bonds is 8. The van der Waals surface area contributed by atoms with Gasteiger partial charge >= 0.3 is 0 Å². The van der Waals surface area contributed by atoms with E-state index in [4.69, 9.17) is 0 Å². The van der Waals surface area contributed by atoms with Gasteiger partial charge in [-0.3, -0.25) is 4.79 Å². The molecule has 6 heteroatoms. The fourth-order valence-corrected chi connectivity index (χ4v) is 4.14. The van der Waals surface area contributed by atoms with Crippen LogP contribution in [-0.4, -0.2) is 56.9 Å². The number of carbonyl (C=O) groups excluding carboxylic acids is 1. The van der Waals surface area contributed by atoms with Gasteiger partial charge in [0.25, 0.3) is 0 Å². The van der Waals surface area contributed by atoms with Gasteiger partial charge in [-0.1, -0.05) is 13.8 Å². The Labute approximate surface area is 123 Å². The van der Waals surface area contributed by atoms with E-state index in [-0.39, 0.29) is 23.3 Å². The van der Waals surface area contributed by atoms with Crippen LogP contribution in [0.25, 0.3) is 0 Å². The number of nitrogens with zero attached hydrogens (tertiary/aromatic N) is 1. The average Bonchev–Trinajstić information content (AvgIpc) is 2.41. The van der Waals surface area contributed by atoms with Gasteiger partial charge < -0.3 is 10.2 Å². The van der Waals surface area contributed by atoms with Gasteiger partial charge in [-0.05, 0) is 44.8 Å². The highest BCUT2D eigenvalue weighted by molar-refractivity contribution is 7.91. The Morgan fingerprint density at radius 1 is 1.20 bits per heavy atom. The lowest BCUT2D eigenvalue weighted by Crippen LogP contribution is -2.32. The van der Waals surface area contributed by atoms with E-state index in [1.807, 2.05) is 0 Å². The van der Waals surface area contributed by atoms with Crippen molar-refractivity contribution in [3.63, 3.8) is 0 Å². The molecule has 1 N–H and O–H groups in total. The molecule has 0 unspecified atom stereocenters. The maximum atomic E-state index is 11.8. The van der Waals surface area contributed by atoms with Gasteiger partial charge in [0.05, 0.1) is 11.5 Å². The molecule has 1 saturated heterocycles. The van der Waals surface area contributed by atoms with E-state index in [1.54, 1.807) is 0 Å². The van der Waals surface area contributed by atoms with Crippen LogP contribution in [0.1, 0.15) is 39.5 Å². The molecule has 118 valence electrons. The molecule has 0 aromatic heterocycles. The molecular weight excluding hydrogens is 276 g/mol. The Kier molecular flexibility index (Phi) is 7.51. The maximum Gasteiger partial charge on any atom is 0.220 e. The molecule has 0 radical (unpaired) electrons. The highest BCUT2D eigenvalue weighted by Crippen LogP contribution is 2.21. The number of hydrogen-bond donors (Lipinski definition) is 1. The second-order valence-electron chi connectivity index (χ2n) is 5.53. The molecule has 0 aromatic carbocycles. The standard InChI is InChI=1S/C14H28N2O3S/c1-3-16(4-2)9-5-8-15-14(17)12-13-6-10-20(18,19)11-7-13/h13H,3-12H2,1-2H3,(H,15,17). The minimum absolute atomic E-state index is 0.0637. The van der Waals surface area contributed by atoms with E-state index < -0.39 is 9.84 Å². The van der Waals surface area contributed by atoms with Gasteiger partial charge in [0, 0.05) is 13.0 Å². The average molecular weight is 304 g/mol. The molecule has 1 aliphatic rings. The molecule has 5 nitrogen and oxygen atoms in total. The van der Waals surface area contributed by atoms with Gasteiger partial charge in [0.2, 0.25) is 5.91 Å². The van der Waals surface area contributed by atoms with E-state index in [0.717, 1.165) is 26.1 Å². The highest BCUT2D eigenvalue weighted by atomic mass is 32.2. The van der Waals surface area contributed by atoms with E-state index in [9.17, 15) is 13.2 Å². The largest absolute Gasteiger partial charge is 0.356 e. The van der Waals surface area contributed by atoms with Gasteiger partial charge in [-0.25, -0.2) is 8.42 Å². The van der Waals surface area contributed by atoms with Crippen molar-refractivity contribution in [3.05, 3.63) is 0 Å². The van der Waals surface area contributed by atoms with Gasteiger partial charge in [0.1, 0.15) is 9.84 Å². The monoisotopic (exact) mass is 304 g/mol. The van der Waals surface area contributed by atoms with Gasteiger partial charge in [0.15, 0.2) is 0 Å². The second-order valence-corrected chi connectivity index (χ2v) is 7.83. The molecule has 0 aromatic rings. The molecule has 1 rings (SSSR count). The van der Waals surface area contributed by atoms with Crippen LogP contribution in [0.5, 0.6) is 0 Å². The summed E-state index contributed by atoms with van der Waals surface area (Å²) in [6.45, 7) is 8.08. The van der Waals surface area contributed by atoms with Crippen molar-refractivity contribution in [3.8, 4) is 0 Å². The maximum absolute atomic E-state index is 11.8. The van der Waals surface area contributed by atoms with Crippen molar-refractivity contribution in [1.82, 2.24) is 10.2 Å². The molecule has 0 saturated carbocycles. The molecular formula is C14H28N2O3S. The normalized spacial score (nSPS) is 19.1. The van der Waals surface area contributed by atoms with Crippen molar-refractivity contribution < 1.29 is 13.2 Å². The molecule has 20 heavy (non-hydrogen) atoms. The van der Waals surface area contributed by atoms with Crippen LogP contribution < -0.4 is 5.32 Å². The van der Waals surface area contributed by atoms with Crippen molar-refractivity contribution >= 4 is 15.7 Å². The summed E-state index contributed by atoms with van der Waals surface area (Å²) in [5, 5.41) is 2.94. The summed E-state index contributed by atoms with van der Waals surface area (Å²) < 4.78 is 22.6. The summed E-state index contributed by atoms with van der Waals surface area (Å²) in [5.41, 5.74) is 0. The summed E-state index contributed by atoms with van der Waals surface area (Å²) in [5.74, 6) is 0.787. The fraction of sp³-hybridized carbons (Fsp3) is 0.929. The van der Waals surface area contributed by atoms with Crippen LogP contribution in [0, 0.1) is 5.92 Å². The molecule has 1 heterocycles. The Hall–Kier alpha value is -0.620. The van der Waals surface area contributed by atoms with E-state index in [0.29, 0.717) is 25.8 Å². The number of hydrogen-bond acceptors (Lipinski definition) is 4. The predicted molar refractivity (Wildman–Crippen MR) is 81.4 cm³/mol. The number of sulfone groups is 1. The molecule has 0 atom stereocenters. The first-order valence-corrected chi connectivity index (χ1v) is 9.48. The number of nitrogens with one attached hydrogen (secondary N) is 1. The Balaban J connectivity index is 2.12. The smallest absolute Gasteiger partial charge is 0.220 e. The quantitative estimate of drug-likeness (QED) is 0.681. The summed E-state index contributed by atoms with van der Waals surface area (Å²) in [6.07, 6.45) is 2.71. The second kappa shape index (κ2) is 8.62. The van der Waals surface area contributed by atoms with Crippen LogP contribution in [0.4, 0.5) is 0 Å². The molecule has 1 aliphatic heterocycles. The molecule has 1 fully saturated rings. The summed E-state index contributed by atoms with van der Waals surface area (Å²) in [6, 6.07) is 0. The minimum Gasteiger partial charge on any atom is -0.356 e. The van der Waals surface area contributed by atoms with E-state index >= 15 is 0 Å². The SMILES string of the molecule is CCN(CC)CCCNC(=O)CC1CCS(=O)(=O)CC1. The van der Waals surface area contributed by atoms with Crippen LogP contribution in [-0.2, 0) is 14.6 Å². The predicted octanol–water partition coefficient (Wildman–Crippen LogP) is 1.05. The van der Waals surface area contributed by atoms with Gasteiger partial charge in [-0.2, -0.15) is 0 Å². The lowest BCUT2D eigenvalue weighted by molar-refractivity contribution is -0.122. The first kappa shape index (κ1) is 17.4. The number of amides is 1. The molecule has 0 bridgehead atoms. The molecule has 0 spiro atoms. The zero-order chi connectivity index (χ0) is 15.0. The van der Waals surface area contributed by atoms with E-state index in [2.05, 4.69) is 24.1 Å². The Morgan fingerprint density at radius 2 is 1.80 bits per heavy atom.